The molecule has 6 nitrogen and oxygen atoms in total. The average Bonchev–Trinajstić information content (AvgIpc) is 3.06. The van der Waals surface area contributed by atoms with E-state index in [1.807, 2.05) is 0 Å². The SMILES string of the molecule is O=C1NC(=O)/C(=C\c2ccc(-c3ccc(C(=O)O)cc3)o2)S1. The Morgan fingerprint density at radius 2 is 1.86 bits per heavy atom. The third-order valence-corrected chi connectivity index (χ3v) is 3.77. The van der Waals surface area contributed by atoms with Gasteiger partial charge in [0.05, 0.1) is 10.5 Å². The van der Waals surface area contributed by atoms with Gasteiger partial charge >= 0.3 is 5.97 Å². The summed E-state index contributed by atoms with van der Waals surface area (Å²) < 4.78 is 5.59. The molecule has 0 bridgehead atoms. The zero-order valence-electron chi connectivity index (χ0n) is 11.0. The van der Waals surface area contributed by atoms with E-state index in [9.17, 15) is 14.4 Å². The minimum Gasteiger partial charge on any atom is -0.478 e. The van der Waals surface area contributed by atoms with Gasteiger partial charge in [-0.15, -0.1) is 0 Å². The van der Waals surface area contributed by atoms with Crippen molar-refractivity contribution in [1.82, 2.24) is 5.32 Å². The lowest BCUT2D eigenvalue weighted by atomic mass is 10.1. The van der Waals surface area contributed by atoms with Gasteiger partial charge in [0, 0.05) is 11.6 Å². The molecule has 0 aliphatic carbocycles. The number of carboxylic acids is 1. The maximum atomic E-state index is 11.4. The molecule has 1 aliphatic rings. The lowest BCUT2D eigenvalue weighted by Crippen LogP contribution is -2.17. The number of amides is 2. The lowest BCUT2D eigenvalue weighted by Gasteiger charge is -1.98. The molecule has 0 radical (unpaired) electrons. The summed E-state index contributed by atoms with van der Waals surface area (Å²) in [5.74, 6) is -0.465. The third-order valence-electron chi connectivity index (χ3n) is 2.96. The van der Waals surface area contributed by atoms with E-state index in [1.54, 1.807) is 24.3 Å². The fourth-order valence-electron chi connectivity index (χ4n) is 1.91. The van der Waals surface area contributed by atoms with Crippen LogP contribution in [0.2, 0.25) is 0 Å². The highest BCUT2D eigenvalue weighted by atomic mass is 32.2. The number of carboxylic acid groups (broad SMARTS) is 1. The van der Waals surface area contributed by atoms with Gasteiger partial charge in [-0.3, -0.25) is 14.9 Å². The van der Waals surface area contributed by atoms with E-state index in [0.29, 0.717) is 17.1 Å². The zero-order valence-corrected chi connectivity index (χ0v) is 11.8. The Morgan fingerprint density at radius 3 is 2.45 bits per heavy atom. The highest BCUT2D eigenvalue weighted by Crippen LogP contribution is 2.28. The van der Waals surface area contributed by atoms with Crippen LogP contribution in [0.1, 0.15) is 16.1 Å². The Balaban J connectivity index is 1.85. The first-order valence-electron chi connectivity index (χ1n) is 6.21. The Hall–Kier alpha value is -2.80. The minimum atomic E-state index is -0.995. The van der Waals surface area contributed by atoms with Gasteiger partial charge < -0.3 is 9.52 Å². The van der Waals surface area contributed by atoms with Gasteiger partial charge in [0.2, 0.25) is 0 Å². The first kappa shape index (κ1) is 14.2. The van der Waals surface area contributed by atoms with Gasteiger partial charge in [-0.1, -0.05) is 12.1 Å². The number of thioether (sulfide) groups is 1. The number of carbonyl (C=O) groups excluding carboxylic acids is 2. The molecule has 3 rings (SSSR count). The molecule has 7 heteroatoms. The second-order valence-electron chi connectivity index (χ2n) is 4.44. The van der Waals surface area contributed by atoms with Crippen LogP contribution in [0.15, 0.2) is 45.7 Å². The molecular formula is C15H9NO5S. The predicted octanol–water partition coefficient (Wildman–Crippen LogP) is 2.97. The van der Waals surface area contributed by atoms with Crippen LogP contribution in [0, 0.1) is 0 Å². The summed E-state index contributed by atoms with van der Waals surface area (Å²) in [6.07, 6.45) is 1.49. The van der Waals surface area contributed by atoms with E-state index in [2.05, 4.69) is 5.32 Å². The average molecular weight is 315 g/mol. The molecule has 1 fully saturated rings. The smallest absolute Gasteiger partial charge is 0.335 e. The van der Waals surface area contributed by atoms with Crippen LogP contribution in [-0.2, 0) is 4.79 Å². The predicted molar refractivity (Wildman–Crippen MR) is 80.2 cm³/mol. The van der Waals surface area contributed by atoms with Crippen molar-refractivity contribution < 1.29 is 23.9 Å². The van der Waals surface area contributed by atoms with Crippen molar-refractivity contribution in [2.75, 3.05) is 0 Å². The lowest BCUT2D eigenvalue weighted by molar-refractivity contribution is -0.115. The Kier molecular flexibility index (Phi) is 3.56. The van der Waals surface area contributed by atoms with Crippen molar-refractivity contribution in [3.05, 3.63) is 52.6 Å². The van der Waals surface area contributed by atoms with E-state index >= 15 is 0 Å². The van der Waals surface area contributed by atoms with Crippen LogP contribution in [0.4, 0.5) is 4.79 Å². The number of aromatic carboxylic acids is 1. The number of carbonyl (C=O) groups is 3. The van der Waals surface area contributed by atoms with Crippen LogP contribution in [0.3, 0.4) is 0 Å². The van der Waals surface area contributed by atoms with Crippen molar-refractivity contribution in [3.63, 3.8) is 0 Å². The molecule has 0 spiro atoms. The molecule has 0 saturated carbocycles. The summed E-state index contributed by atoms with van der Waals surface area (Å²) >= 11 is 0.815. The maximum absolute atomic E-state index is 11.4. The summed E-state index contributed by atoms with van der Waals surface area (Å²) in [4.78, 5) is 33.6. The summed E-state index contributed by atoms with van der Waals surface area (Å²) in [5.41, 5.74) is 0.907. The second kappa shape index (κ2) is 5.53. The molecule has 2 N–H and O–H groups in total. The third kappa shape index (κ3) is 2.79. The molecule has 1 aromatic carbocycles. The van der Waals surface area contributed by atoms with Crippen molar-refractivity contribution >= 4 is 35.0 Å². The molecule has 0 atom stereocenters. The fraction of sp³-hybridized carbons (Fsp3) is 0. The van der Waals surface area contributed by atoms with E-state index in [1.165, 1.54) is 18.2 Å². The molecule has 1 aliphatic heterocycles. The quantitative estimate of drug-likeness (QED) is 0.845. The van der Waals surface area contributed by atoms with Crippen LogP contribution >= 0.6 is 11.8 Å². The molecular weight excluding hydrogens is 306 g/mol. The van der Waals surface area contributed by atoms with Crippen molar-refractivity contribution in [1.29, 1.82) is 0 Å². The second-order valence-corrected chi connectivity index (χ2v) is 5.45. The van der Waals surface area contributed by atoms with Gasteiger partial charge in [0.15, 0.2) is 0 Å². The van der Waals surface area contributed by atoms with Gasteiger partial charge in [-0.05, 0) is 36.0 Å². The van der Waals surface area contributed by atoms with Gasteiger partial charge in [-0.25, -0.2) is 4.79 Å². The van der Waals surface area contributed by atoms with E-state index in [-0.39, 0.29) is 10.5 Å². The van der Waals surface area contributed by atoms with Gasteiger partial charge in [0.25, 0.3) is 11.1 Å². The largest absolute Gasteiger partial charge is 0.478 e. The van der Waals surface area contributed by atoms with Crippen LogP contribution in [0.25, 0.3) is 17.4 Å². The monoisotopic (exact) mass is 315 g/mol. The number of furan rings is 1. The van der Waals surface area contributed by atoms with Crippen molar-refractivity contribution in [3.8, 4) is 11.3 Å². The Labute approximate surface area is 128 Å². The molecule has 2 amide bonds. The first-order chi connectivity index (χ1) is 10.5. The number of nitrogens with one attached hydrogen (secondary N) is 1. The summed E-state index contributed by atoms with van der Waals surface area (Å²) in [6, 6.07) is 9.62. The summed E-state index contributed by atoms with van der Waals surface area (Å²) in [7, 11) is 0. The molecule has 2 aromatic rings. The van der Waals surface area contributed by atoms with Gasteiger partial charge in [0.1, 0.15) is 11.5 Å². The molecule has 110 valence electrons. The number of hydrogen-bond donors (Lipinski definition) is 2. The van der Waals surface area contributed by atoms with Crippen LogP contribution in [0.5, 0.6) is 0 Å². The zero-order chi connectivity index (χ0) is 15.7. The van der Waals surface area contributed by atoms with Gasteiger partial charge in [-0.2, -0.15) is 0 Å². The highest BCUT2D eigenvalue weighted by Gasteiger charge is 2.25. The molecule has 1 aromatic heterocycles. The molecule has 22 heavy (non-hydrogen) atoms. The number of imide groups is 1. The number of benzene rings is 1. The number of rotatable bonds is 3. The van der Waals surface area contributed by atoms with E-state index < -0.39 is 17.1 Å². The summed E-state index contributed by atoms with van der Waals surface area (Å²) in [5, 5.41) is 10.6. The van der Waals surface area contributed by atoms with Crippen molar-refractivity contribution in [2.24, 2.45) is 0 Å². The highest BCUT2D eigenvalue weighted by molar-refractivity contribution is 8.18. The van der Waals surface area contributed by atoms with Crippen LogP contribution in [-0.4, -0.2) is 22.2 Å². The maximum Gasteiger partial charge on any atom is 0.335 e. The first-order valence-corrected chi connectivity index (χ1v) is 7.03. The van der Waals surface area contributed by atoms with E-state index in [0.717, 1.165) is 11.8 Å². The van der Waals surface area contributed by atoms with E-state index in [4.69, 9.17) is 9.52 Å². The molecule has 0 unspecified atom stereocenters. The van der Waals surface area contributed by atoms with Crippen molar-refractivity contribution in [2.45, 2.75) is 0 Å². The molecule has 1 saturated heterocycles. The Bertz CT molecular complexity index is 804. The molecule has 2 heterocycles. The van der Waals surface area contributed by atoms with Crippen LogP contribution < -0.4 is 5.32 Å². The Morgan fingerprint density at radius 1 is 1.14 bits per heavy atom. The fourth-order valence-corrected chi connectivity index (χ4v) is 2.58. The normalized spacial score (nSPS) is 16.1. The minimum absolute atomic E-state index is 0.190. The summed E-state index contributed by atoms with van der Waals surface area (Å²) in [6.45, 7) is 0. The standard InChI is InChI=1S/C15H9NO5S/c17-13-12(22-15(20)16-13)7-10-5-6-11(21-10)8-1-3-9(4-2-8)14(18)19/h1-7H,(H,18,19)(H,16,17,20)/b12-7+. The topological polar surface area (TPSA) is 96.6 Å². The number of hydrogen-bond acceptors (Lipinski definition) is 5.